The molecular weight excluding hydrogens is 362 g/mol. The fraction of sp³-hybridized carbons (Fsp3) is 0.150. The first kappa shape index (κ1) is 18.8. The lowest BCUT2D eigenvalue weighted by molar-refractivity contribution is -0.703. The van der Waals surface area contributed by atoms with E-state index in [1.165, 1.54) is 12.1 Å². The first-order valence-electron chi connectivity index (χ1n) is 8.54. The number of hydrogen-bond acceptors (Lipinski definition) is 4. The van der Waals surface area contributed by atoms with Crippen molar-refractivity contribution in [3.63, 3.8) is 0 Å². The molecule has 6 nitrogen and oxygen atoms in total. The van der Waals surface area contributed by atoms with E-state index in [1.807, 2.05) is 53.2 Å². The number of anilines is 1. The number of benzene rings is 2. The third-order valence-electron chi connectivity index (χ3n) is 4.26. The normalized spacial score (nSPS) is 12.9. The van der Waals surface area contributed by atoms with E-state index in [-0.39, 0.29) is 23.3 Å². The molecule has 2 atom stereocenters. The lowest BCUT2D eigenvalue weighted by Gasteiger charge is -2.19. The second-order valence-electron chi connectivity index (χ2n) is 6.15. The van der Waals surface area contributed by atoms with Crippen LogP contribution in [0.5, 0.6) is 0 Å². The van der Waals surface area contributed by atoms with Crippen molar-refractivity contribution in [2.75, 3.05) is 5.32 Å². The van der Waals surface area contributed by atoms with Crippen LogP contribution in [-0.4, -0.2) is 16.9 Å². The number of carbonyl (C=O) groups is 1. The van der Waals surface area contributed by atoms with Crippen molar-refractivity contribution in [2.45, 2.75) is 19.0 Å². The molecule has 0 unspecified atom stereocenters. The van der Waals surface area contributed by atoms with Crippen LogP contribution in [0, 0.1) is 10.1 Å². The molecule has 0 radical (unpaired) electrons. The van der Waals surface area contributed by atoms with Crippen LogP contribution in [-0.2, 0) is 4.79 Å². The highest BCUT2D eigenvalue weighted by atomic mass is 32.1. The Bertz CT molecular complexity index is 913. The molecule has 0 saturated carbocycles. The van der Waals surface area contributed by atoms with Crippen molar-refractivity contribution in [3.8, 4) is 0 Å². The standard InChI is InChI=1S/C20H19N3O3S/c1-14(20(24)22-16-10-5-6-11-17(16)23(25)26)21-19(18-12-7-13-27-18)15-8-3-2-4-9-15/h2-14,19,21H,1H3,(H,22,24)/p+1/t14-,19+/m0/s1. The third kappa shape index (κ3) is 4.58. The first-order valence-corrected chi connectivity index (χ1v) is 9.42. The number of rotatable bonds is 7. The summed E-state index contributed by atoms with van der Waals surface area (Å²) < 4.78 is 0. The second-order valence-corrected chi connectivity index (χ2v) is 7.13. The minimum absolute atomic E-state index is 0.0160. The summed E-state index contributed by atoms with van der Waals surface area (Å²) in [5, 5.41) is 17.8. The molecule has 0 fully saturated rings. The summed E-state index contributed by atoms with van der Waals surface area (Å²) in [4.78, 5) is 24.4. The molecule has 0 saturated heterocycles. The molecule has 2 aromatic carbocycles. The van der Waals surface area contributed by atoms with E-state index in [9.17, 15) is 14.9 Å². The number of nitrogens with two attached hydrogens (primary N) is 1. The quantitative estimate of drug-likeness (QED) is 0.485. The Morgan fingerprint density at radius 2 is 1.78 bits per heavy atom. The van der Waals surface area contributed by atoms with Gasteiger partial charge < -0.3 is 10.6 Å². The van der Waals surface area contributed by atoms with E-state index in [2.05, 4.69) is 5.32 Å². The molecular formula is C20H20N3O3S+. The summed E-state index contributed by atoms with van der Waals surface area (Å²) in [5.41, 5.74) is 1.20. The van der Waals surface area contributed by atoms with Crippen LogP contribution in [0.15, 0.2) is 72.1 Å². The first-order chi connectivity index (χ1) is 13.1. The Balaban J connectivity index is 1.77. The molecule has 0 aliphatic rings. The number of nitrogens with zero attached hydrogens (tertiary/aromatic N) is 1. The minimum Gasteiger partial charge on any atom is -0.326 e. The van der Waals surface area contributed by atoms with Gasteiger partial charge >= 0.3 is 0 Å². The van der Waals surface area contributed by atoms with Crippen LogP contribution in [0.3, 0.4) is 0 Å². The number of nitrogens with one attached hydrogen (secondary N) is 1. The molecule has 0 aliphatic heterocycles. The zero-order chi connectivity index (χ0) is 19.2. The number of para-hydroxylation sites is 2. The average Bonchev–Trinajstić information content (AvgIpc) is 3.21. The molecule has 0 aliphatic carbocycles. The Labute approximate surface area is 161 Å². The number of nitro groups is 1. The largest absolute Gasteiger partial charge is 0.326 e. The maximum absolute atomic E-state index is 12.7. The molecule has 3 rings (SSSR count). The van der Waals surface area contributed by atoms with Crippen LogP contribution in [0.25, 0.3) is 0 Å². The van der Waals surface area contributed by atoms with E-state index in [4.69, 9.17) is 0 Å². The summed E-state index contributed by atoms with van der Waals surface area (Å²) in [7, 11) is 0. The van der Waals surface area contributed by atoms with Crippen molar-refractivity contribution in [2.24, 2.45) is 0 Å². The Hall–Kier alpha value is -3.03. The molecule has 7 heteroatoms. The highest BCUT2D eigenvalue weighted by Crippen LogP contribution is 2.24. The van der Waals surface area contributed by atoms with Crippen LogP contribution >= 0.6 is 11.3 Å². The SMILES string of the molecule is C[C@H]([NH2+][C@H](c1ccccc1)c1cccs1)C(=O)Nc1ccccc1[N+](=O)[O-]. The Morgan fingerprint density at radius 3 is 2.44 bits per heavy atom. The predicted molar refractivity (Wildman–Crippen MR) is 106 cm³/mol. The molecule has 1 heterocycles. The molecule has 1 aromatic heterocycles. The van der Waals surface area contributed by atoms with Crippen LogP contribution in [0.2, 0.25) is 0 Å². The number of nitro benzene ring substituents is 1. The van der Waals surface area contributed by atoms with Crippen molar-refractivity contribution in [1.29, 1.82) is 0 Å². The van der Waals surface area contributed by atoms with Gasteiger partial charge in [0.2, 0.25) is 0 Å². The highest BCUT2D eigenvalue weighted by Gasteiger charge is 2.26. The number of amides is 1. The topological polar surface area (TPSA) is 88.8 Å². The average molecular weight is 382 g/mol. The molecule has 27 heavy (non-hydrogen) atoms. The minimum atomic E-state index is -0.498. The van der Waals surface area contributed by atoms with Crippen LogP contribution in [0.4, 0.5) is 11.4 Å². The van der Waals surface area contributed by atoms with Gasteiger partial charge in [-0.3, -0.25) is 14.9 Å². The van der Waals surface area contributed by atoms with Crippen molar-refractivity contribution in [1.82, 2.24) is 0 Å². The van der Waals surface area contributed by atoms with Gasteiger partial charge in [-0.25, -0.2) is 0 Å². The zero-order valence-electron chi connectivity index (χ0n) is 14.7. The van der Waals surface area contributed by atoms with Gasteiger partial charge in [-0.1, -0.05) is 48.5 Å². The van der Waals surface area contributed by atoms with E-state index < -0.39 is 11.0 Å². The van der Waals surface area contributed by atoms with E-state index in [1.54, 1.807) is 30.4 Å². The molecule has 3 aromatic rings. The number of carbonyl (C=O) groups excluding carboxylic acids is 1. The fourth-order valence-corrected chi connectivity index (χ4v) is 3.69. The van der Waals surface area contributed by atoms with Crippen LogP contribution < -0.4 is 10.6 Å². The highest BCUT2D eigenvalue weighted by molar-refractivity contribution is 7.10. The lowest BCUT2D eigenvalue weighted by atomic mass is 10.0. The predicted octanol–water partition coefficient (Wildman–Crippen LogP) is 3.34. The van der Waals surface area contributed by atoms with Crippen molar-refractivity contribution in [3.05, 3.63) is 92.7 Å². The van der Waals surface area contributed by atoms with Gasteiger partial charge in [0.1, 0.15) is 11.7 Å². The second kappa shape index (κ2) is 8.57. The smallest absolute Gasteiger partial charge is 0.292 e. The maximum Gasteiger partial charge on any atom is 0.292 e. The van der Waals surface area contributed by atoms with Gasteiger partial charge in [0.25, 0.3) is 11.6 Å². The fourth-order valence-electron chi connectivity index (χ4n) is 2.86. The van der Waals surface area contributed by atoms with Crippen molar-refractivity contribution >= 4 is 28.6 Å². The number of thiophene rings is 1. The van der Waals surface area contributed by atoms with E-state index in [0.717, 1.165) is 10.4 Å². The maximum atomic E-state index is 12.7. The van der Waals surface area contributed by atoms with Gasteiger partial charge in [-0.05, 0) is 24.4 Å². The molecule has 3 N–H and O–H groups in total. The van der Waals surface area contributed by atoms with E-state index in [0.29, 0.717) is 0 Å². The zero-order valence-corrected chi connectivity index (χ0v) is 15.6. The number of quaternary nitrogens is 1. The van der Waals surface area contributed by atoms with Gasteiger partial charge in [-0.15, -0.1) is 11.3 Å². The summed E-state index contributed by atoms with van der Waals surface area (Å²) in [5.74, 6) is -0.276. The van der Waals surface area contributed by atoms with Gasteiger partial charge in [0.15, 0.2) is 6.04 Å². The van der Waals surface area contributed by atoms with Crippen LogP contribution in [0.1, 0.15) is 23.4 Å². The summed E-state index contributed by atoms with van der Waals surface area (Å²) in [6.45, 7) is 1.80. The summed E-state index contributed by atoms with van der Waals surface area (Å²) in [6, 6.07) is 19.7. The summed E-state index contributed by atoms with van der Waals surface area (Å²) >= 11 is 1.64. The number of hydrogen-bond donors (Lipinski definition) is 2. The Kier molecular flexibility index (Phi) is 5.95. The third-order valence-corrected chi connectivity index (χ3v) is 5.22. The van der Waals surface area contributed by atoms with Crippen molar-refractivity contribution < 1.29 is 15.0 Å². The van der Waals surface area contributed by atoms with E-state index >= 15 is 0 Å². The van der Waals surface area contributed by atoms with Gasteiger partial charge in [0, 0.05) is 11.6 Å². The Morgan fingerprint density at radius 1 is 1.07 bits per heavy atom. The molecule has 0 spiro atoms. The van der Waals surface area contributed by atoms with Gasteiger partial charge in [-0.2, -0.15) is 0 Å². The molecule has 138 valence electrons. The monoisotopic (exact) mass is 382 g/mol. The molecule has 0 bridgehead atoms. The lowest BCUT2D eigenvalue weighted by Crippen LogP contribution is -2.92. The van der Waals surface area contributed by atoms with Gasteiger partial charge in [0.05, 0.1) is 9.80 Å². The molecule has 1 amide bonds. The summed E-state index contributed by atoms with van der Waals surface area (Å²) in [6.07, 6.45) is 0.